The molecule has 0 N–H and O–H groups in total. The van der Waals surface area contributed by atoms with Gasteiger partial charge in [-0.25, -0.2) is 4.98 Å². The molecule has 0 unspecified atom stereocenters. The number of Topliss-reactive ketones (excluding diaryl/α,β-unsaturated/α-hetero) is 1. The van der Waals surface area contributed by atoms with Gasteiger partial charge in [0.2, 0.25) is 0 Å². The van der Waals surface area contributed by atoms with Crippen molar-refractivity contribution in [3.05, 3.63) is 65.3 Å². The molecule has 154 valence electrons. The summed E-state index contributed by atoms with van der Waals surface area (Å²) >= 11 is 1.87. The van der Waals surface area contributed by atoms with Crippen LogP contribution in [0.4, 0.5) is 0 Å². The standard InChI is InChI=1S/C25H27N3OS/c1-18(29)21-17-28(23-9-4-2-7-20(21)23)14-6-13-27-15-11-19(12-16-27)25-26-22-8-3-5-10-24(22)30-25/h2-5,7-10,17,19H,6,11-16H2,1H3. The summed E-state index contributed by atoms with van der Waals surface area (Å²) in [5, 5.41) is 2.38. The van der Waals surface area contributed by atoms with E-state index in [1.807, 2.05) is 23.6 Å². The van der Waals surface area contributed by atoms with Crippen molar-refractivity contribution in [3.8, 4) is 0 Å². The fourth-order valence-electron chi connectivity index (χ4n) is 4.65. The van der Waals surface area contributed by atoms with Gasteiger partial charge >= 0.3 is 0 Å². The average molecular weight is 418 g/mol. The molecule has 0 atom stereocenters. The number of rotatable bonds is 6. The van der Waals surface area contributed by atoms with E-state index in [-0.39, 0.29) is 5.78 Å². The van der Waals surface area contributed by atoms with Gasteiger partial charge in [0.25, 0.3) is 0 Å². The van der Waals surface area contributed by atoms with E-state index in [9.17, 15) is 4.79 Å². The van der Waals surface area contributed by atoms with E-state index in [1.165, 1.54) is 22.5 Å². The lowest BCUT2D eigenvalue weighted by molar-refractivity contribution is 0.101. The number of aromatic nitrogens is 2. The molecule has 0 bridgehead atoms. The minimum Gasteiger partial charge on any atom is -0.347 e. The zero-order chi connectivity index (χ0) is 20.5. The highest BCUT2D eigenvalue weighted by atomic mass is 32.1. The van der Waals surface area contributed by atoms with Crippen LogP contribution in [-0.4, -0.2) is 39.9 Å². The van der Waals surface area contributed by atoms with Gasteiger partial charge in [0.05, 0.1) is 15.2 Å². The van der Waals surface area contributed by atoms with Gasteiger partial charge in [0, 0.05) is 35.1 Å². The van der Waals surface area contributed by atoms with E-state index >= 15 is 0 Å². The first-order valence-corrected chi connectivity index (χ1v) is 11.7. The number of nitrogens with zero attached hydrogens (tertiary/aromatic N) is 3. The Morgan fingerprint density at radius 2 is 1.83 bits per heavy atom. The van der Waals surface area contributed by atoms with Gasteiger partial charge in [-0.3, -0.25) is 4.79 Å². The third kappa shape index (κ3) is 3.80. The SMILES string of the molecule is CC(=O)c1cn(CCCN2CCC(c3nc4ccccc4s3)CC2)c2ccccc12. The van der Waals surface area contributed by atoms with E-state index in [2.05, 4.69) is 51.9 Å². The summed E-state index contributed by atoms with van der Waals surface area (Å²) in [5.74, 6) is 0.743. The Bertz CT molecular complexity index is 1150. The molecule has 4 aromatic rings. The van der Waals surface area contributed by atoms with Crippen molar-refractivity contribution in [1.29, 1.82) is 0 Å². The number of hydrogen-bond acceptors (Lipinski definition) is 4. The van der Waals surface area contributed by atoms with E-state index in [0.29, 0.717) is 5.92 Å². The molecule has 2 aromatic carbocycles. The molecule has 0 saturated carbocycles. The molecule has 3 heterocycles. The number of para-hydroxylation sites is 2. The maximum atomic E-state index is 12.0. The quantitative estimate of drug-likeness (QED) is 0.376. The molecule has 5 rings (SSSR count). The summed E-state index contributed by atoms with van der Waals surface area (Å²) in [6.07, 6.45) is 5.52. The van der Waals surface area contributed by atoms with Gasteiger partial charge in [-0.1, -0.05) is 30.3 Å². The number of ketones is 1. The number of piperidine rings is 1. The van der Waals surface area contributed by atoms with Crippen molar-refractivity contribution >= 4 is 38.2 Å². The molecule has 0 aliphatic carbocycles. The Labute approximate surface area is 181 Å². The molecular formula is C25H27N3OS. The Kier molecular flexibility index (Phi) is 5.40. The highest BCUT2D eigenvalue weighted by Gasteiger charge is 2.23. The predicted octanol–water partition coefficient (Wildman–Crippen LogP) is 5.72. The van der Waals surface area contributed by atoms with E-state index in [1.54, 1.807) is 6.92 Å². The van der Waals surface area contributed by atoms with Crippen LogP contribution >= 0.6 is 11.3 Å². The number of thiazole rings is 1. The molecular weight excluding hydrogens is 390 g/mol. The van der Waals surface area contributed by atoms with Crippen molar-refractivity contribution < 1.29 is 4.79 Å². The molecule has 2 aromatic heterocycles. The third-order valence-corrected chi connectivity index (χ3v) is 7.49. The Hall–Kier alpha value is -2.50. The highest BCUT2D eigenvalue weighted by molar-refractivity contribution is 7.18. The molecule has 1 aliphatic heterocycles. The van der Waals surface area contributed by atoms with Gasteiger partial charge in [-0.15, -0.1) is 11.3 Å². The maximum Gasteiger partial charge on any atom is 0.161 e. The van der Waals surface area contributed by atoms with E-state index in [0.717, 1.165) is 54.6 Å². The van der Waals surface area contributed by atoms with Crippen molar-refractivity contribution in [2.75, 3.05) is 19.6 Å². The number of aryl methyl sites for hydroxylation is 1. The predicted molar refractivity (Wildman–Crippen MR) is 125 cm³/mol. The van der Waals surface area contributed by atoms with Crippen LogP contribution in [0.3, 0.4) is 0 Å². The summed E-state index contributed by atoms with van der Waals surface area (Å²) in [7, 11) is 0. The number of carbonyl (C=O) groups excluding carboxylic acids is 1. The number of likely N-dealkylation sites (tertiary alicyclic amines) is 1. The van der Waals surface area contributed by atoms with Crippen LogP contribution in [0, 0.1) is 0 Å². The van der Waals surface area contributed by atoms with Gasteiger partial charge in [0.1, 0.15) is 0 Å². The number of carbonyl (C=O) groups is 1. The molecule has 0 radical (unpaired) electrons. The van der Waals surface area contributed by atoms with Crippen molar-refractivity contribution in [2.45, 2.75) is 38.6 Å². The lowest BCUT2D eigenvalue weighted by Crippen LogP contribution is -2.34. The number of fused-ring (bicyclic) bond motifs is 2. The van der Waals surface area contributed by atoms with Crippen LogP contribution in [-0.2, 0) is 6.54 Å². The van der Waals surface area contributed by atoms with Crippen LogP contribution in [0.25, 0.3) is 21.1 Å². The monoisotopic (exact) mass is 417 g/mol. The summed E-state index contributed by atoms with van der Waals surface area (Å²) in [4.78, 5) is 19.4. The van der Waals surface area contributed by atoms with Crippen LogP contribution in [0.5, 0.6) is 0 Å². The Balaban J connectivity index is 1.17. The molecule has 5 heteroatoms. The first-order valence-electron chi connectivity index (χ1n) is 10.9. The van der Waals surface area contributed by atoms with Crippen LogP contribution in [0.15, 0.2) is 54.7 Å². The highest BCUT2D eigenvalue weighted by Crippen LogP contribution is 2.33. The lowest BCUT2D eigenvalue weighted by atomic mass is 9.97. The summed E-state index contributed by atoms with van der Waals surface area (Å²) in [6.45, 7) is 6.00. The van der Waals surface area contributed by atoms with E-state index < -0.39 is 0 Å². The van der Waals surface area contributed by atoms with Crippen LogP contribution in [0.1, 0.15) is 47.5 Å². The maximum absolute atomic E-state index is 12.0. The zero-order valence-corrected chi connectivity index (χ0v) is 18.2. The second-order valence-corrected chi connectivity index (χ2v) is 9.36. The van der Waals surface area contributed by atoms with Crippen LogP contribution in [0.2, 0.25) is 0 Å². The lowest BCUT2D eigenvalue weighted by Gasteiger charge is -2.31. The van der Waals surface area contributed by atoms with Gasteiger partial charge in [-0.05, 0) is 64.0 Å². The molecule has 4 nitrogen and oxygen atoms in total. The van der Waals surface area contributed by atoms with Crippen molar-refractivity contribution in [1.82, 2.24) is 14.5 Å². The van der Waals surface area contributed by atoms with Gasteiger partial charge in [0.15, 0.2) is 5.78 Å². The second-order valence-electron chi connectivity index (χ2n) is 8.30. The fourth-order valence-corrected chi connectivity index (χ4v) is 5.78. The largest absolute Gasteiger partial charge is 0.347 e. The first-order chi connectivity index (χ1) is 14.7. The second kappa shape index (κ2) is 8.32. The third-order valence-electron chi connectivity index (χ3n) is 6.29. The average Bonchev–Trinajstić information content (AvgIpc) is 3.36. The molecule has 1 aliphatic rings. The summed E-state index contributed by atoms with van der Waals surface area (Å²) in [6, 6.07) is 16.7. The Morgan fingerprint density at radius 1 is 1.07 bits per heavy atom. The normalized spacial score (nSPS) is 15.9. The summed E-state index contributed by atoms with van der Waals surface area (Å²) in [5.41, 5.74) is 3.14. The smallest absolute Gasteiger partial charge is 0.161 e. The minimum atomic E-state index is 0.141. The molecule has 1 fully saturated rings. The van der Waals surface area contributed by atoms with E-state index in [4.69, 9.17) is 4.98 Å². The fraction of sp³-hybridized carbons (Fsp3) is 0.360. The number of benzene rings is 2. The molecule has 30 heavy (non-hydrogen) atoms. The minimum absolute atomic E-state index is 0.141. The molecule has 0 amide bonds. The first kappa shape index (κ1) is 19.5. The Morgan fingerprint density at radius 3 is 2.63 bits per heavy atom. The summed E-state index contributed by atoms with van der Waals surface area (Å²) < 4.78 is 3.55. The topological polar surface area (TPSA) is 38.1 Å². The van der Waals surface area contributed by atoms with Gasteiger partial charge < -0.3 is 9.47 Å². The molecule has 1 saturated heterocycles. The van der Waals surface area contributed by atoms with Crippen LogP contribution < -0.4 is 0 Å². The zero-order valence-electron chi connectivity index (χ0n) is 17.4. The number of hydrogen-bond donors (Lipinski definition) is 0. The van der Waals surface area contributed by atoms with Gasteiger partial charge in [-0.2, -0.15) is 0 Å². The molecule has 0 spiro atoms. The van der Waals surface area contributed by atoms with Crippen molar-refractivity contribution in [2.24, 2.45) is 0 Å². The van der Waals surface area contributed by atoms with Crippen molar-refractivity contribution in [3.63, 3.8) is 0 Å².